The van der Waals surface area contributed by atoms with Crippen molar-refractivity contribution in [3.8, 4) is 0 Å². The van der Waals surface area contributed by atoms with Gasteiger partial charge in [0.15, 0.2) is 0 Å². The normalized spacial score (nSPS) is 24.0. The van der Waals surface area contributed by atoms with Crippen LogP contribution in [0.4, 0.5) is 0 Å². The number of rotatable bonds is 6. The summed E-state index contributed by atoms with van der Waals surface area (Å²) in [5, 5.41) is 4.21. The summed E-state index contributed by atoms with van der Waals surface area (Å²) in [5.41, 5.74) is 7.30. The number of aromatic nitrogens is 2. The molecule has 2 N–H and O–H groups in total. The zero-order valence-electron chi connectivity index (χ0n) is 12.4. The Hall–Kier alpha value is -0.870. The van der Waals surface area contributed by atoms with Crippen LogP contribution in [0.25, 0.3) is 0 Å². The van der Waals surface area contributed by atoms with Gasteiger partial charge in [0, 0.05) is 25.8 Å². The Morgan fingerprint density at radius 1 is 1.37 bits per heavy atom. The highest BCUT2D eigenvalue weighted by atomic mass is 15.2. The predicted molar refractivity (Wildman–Crippen MR) is 79.0 cm³/mol. The third-order valence-electron chi connectivity index (χ3n) is 4.22. The highest BCUT2D eigenvalue weighted by molar-refractivity contribution is 5.03. The van der Waals surface area contributed by atoms with E-state index in [0.29, 0.717) is 6.04 Å². The van der Waals surface area contributed by atoms with E-state index >= 15 is 0 Å². The van der Waals surface area contributed by atoms with Gasteiger partial charge in [-0.25, -0.2) is 0 Å². The van der Waals surface area contributed by atoms with Crippen LogP contribution < -0.4 is 5.73 Å². The van der Waals surface area contributed by atoms with E-state index in [4.69, 9.17) is 5.73 Å². The second-order valence-corrected chi connectivity index (χ2v) is 6.17. The molecular weight excluding hydrogens is 236 g/mol. The Morgan fingerprint density at radius 2 is 2.11 bits per heavy atom. The van der Waals surface area contributed by atoms with E-state index in [1.165, 1.54) is 50.8 Å². The van der Waals surface area contributed by atoms with Crippen molar-refractivity contribution in [2.45, 2.75) is 44.6 Å². The van der Waals surface area contributed by atoms with Crippen LogP contribution in [0.15, 0.2) is 12.4 Å². The molecule has 0 aliphatic heterocycles. The molecule has 0 amide bonds. The molecular formula is C15H28N4. The van der Waals surface area contributed by atoms with Crippen molar-refractivity contribution in [2.24, 2.45) is 18.7 Å². The first-order chi connectivity index (χ1) is 9.13. The third kappa shape index (κ3) is 4.96. The van der Waals surface area contributed by atoms with Crippen molar-refractivity contribution < 1.29 is 0 Å². The predicted octanol–water partition coefficient (Wildman–Crippen LogP) is 1.80. The lowest BCUT2D eigenvalue weighted by Gasteiger charge is -2.29. The molecule has 0 spiro atoms. The highest BCUT2D eigenvalue weighted by Gasteiger charge is 2.19. The van der Waals surface area contributed by atoms with Gasteiger partial charge in [-0.3, -0.25) is 4.68 Å². The summed E-state index contributed by atoms with van der Waals surface area (Å²) in [5.74, 6) is 0.864. The molecule has 19 heavy (non-hydrogen) atoms. The van der Waals surface area contributed by atoms with Gasteiger partial charge in [0.05, 0.1) is 6.20 Å². The average Bonchev–Trinajstić information content (AvgIpc) is 2.78. The molecule has 4 nitrogen and oxygen atoms in total. The van der Waals surface area contributed by atoms with Crippen LogP contribution >= 0.6 is 0 Å². The molecule has 2 rings (SSSR count). The molecule has 0 atom stereocenters. The Labute approximate surface area is 117 Å². The van der Waals surface area contributed by atoms with E-state index < -0.39 is 0 Å². The minimum absolute atomic E-state index is 0.465. The van der Waals surface area contributed by atoms with Crippen LogP contribution in [-0.4, -0.2) is 40.9 Å². The molecule has 0 saturated heterocycles. The van der Waals surface area contributed by atoms with E-state index in [9.17, 15) is 0 Å². The van der Waals surface area contributed by atoms with E-state index in [1.807, 2.05) is 17.9 Å². The summed E-state index contributed by atoms with van der Waals surface area (Å²) in [6, 6.07) is 0.465. The van der Waals surface area contributed by atoms with E-state index in [1.54, 1.807) is 0 Å². The number of aryl methyl sites for hydroxylation is 2. The Kier molecular flexibility index (Phi) is 5.40. The minimum atomic E-state index is 0.465. The van der Waals surface area contributed by atoms with Gasteiger partial charge in [-0.15, -0.1) is 0 Å². The van der Waals surface area contributed by atoms with Crippen molar-refractivity contribution in [1.82, 2.24) is 14.7 Å². The zero-order chi connectivity index (χ0) is 13.7. The summed E-state index contributed by atoms with van der Waals surface area (Å²) in [7, 11) is 4.22. The van der Waals surface area contributed by atoms with Crippen LogP contribution in [-0.2, 0) is 13.5 Å². The first-order valence-corrected chi connectivity index (χ1v) is 7.55. The van der Waals surface area contributed by atoms with Crippen molar-refractivity contribution >= 4 is 0 Å². The number of nitrogens with two attached hydrogens (primary N) is 1. The van der Waals surface area contributed by atoms with Gasteiger partial charge in [-0.05, 0) is 63.6 Å². The average molecular weight is 264 g/mol. The highest BCUT2D eigenvalue weighted by Crippen LogP contribution is 2.23. The molecule has 1 aromatic heterocycles. The molecule has 0 bridgehead atoms. The maximum atomic E-state index is 5.95. The van der Waals surface area contributed by atoms with E-state index in [0.717, 1.165) is 12.3 Å². The molecule has 0 radical (unpaired) electrons. The summed E-state index contributed by atoms with van der Waals surface area (Å²) in [6.45, 7) is 2.41. The summed E-state index contributed by atoms with van der Waals surface area (Å²) in [6.07, 6.45) is 11.5. The number of hydrogen-bond acceptors (Lipinski definition) is 3. The van der Waals surface area contributed by atoms with E-state index in [-0.39, 0.29) is 0 Å². The first-order valence-electron chi connectivity index (χ1n) is 7.55. The lowest BCUT2D eigenvalue weighted by Crippen LogP contribution is -2.33. The maximum Gasteiger partial charge on any atom is 0.0521 e. The number of hydrogen-bond donors (Lipinski definition) is 1. The molecule has 1 aliphatic carbocycles. The Bertz CT molecular complexity index is 366. The monoisotopic (exact) mass is 264 g/mol. The standard InChI is InChI=1S/C15H28N4/c1-18(11-13-5-7-15(16)8-6-13)9-3-4-14-10-17-19(2)12-14/h10,12-13,15H,3-9,11,16H2,1-2H3. The molecule has 1 aliphatic rings. The van der Waals surface area contributed by atoms with Gasteiger partial charge >= 0.3 is 0 Å². The van der Waals surface area contributed by atoms with Crippen LogP contribution in [0.5, 0.6) is 0 Å². The van der Waals surface area contributed by atoms with Crippen LogP contribution in [0.2, 0.25) is 0 Å². The second-order valence-electron chi connectivity index (χ2n) is 6.17. The molecule has 4 heteroatoms. The molecule has 1 fully saturated rings. The van der Waals surface area contributed by atoms with Crippen LogP contribution in [0.1, 0.15) is 37.7 Å². The molecule has 1 aromatic rings. The summed E-state index contributed by atoms with van der Waals surface area (Å²) in [4.78, 5) is 2.48. The third-order valence-corrected chi connectivity index (χ3v) is 4.22. The van der Waals surface area contributed by atoms with E-state index in [2.05, 4.69) is 23.2 Å². The van der Waals surface area contributed by atoms with Gasteiger partial charge in [0.2, 0.25) is 0 Å². The van der Waals surface area contributed by atoms with Crippen molar-refractivity contribution in [3.05, 3.63) is 18.0 Å². The molecule has 1 heterocycles. The van der Waals surface area contributed by atoms with Crippen LogP contribution in [0.3, 0.4) is 0 Å². The van der Waals surface area contributed by atoms with Gasteiger partial charge in [-0.1, -0.05) is 0 Å². The fraction of sp³-hybridized carbons (Fsp3) is 0.800. The summed E-state index contributed by atoms with van der Waals surface area (Å²) >= 11 is 0. The molecule has 108 valence electrons. The van der Waals surface area contributed by atoms with Gasteiger partial charge in [0.25, 0.3) is 0 Å². The van der Waals surface area contributed by atoms with Crippen molar-refractivity contribution in [3.63, 3.8) is 0 Å². The zero-order valence-corrected chi connectivity index (χ0v) is 12.4. The fourth-order valence-electron chi connectivity index (χ4n) is 3.06. The topological polar surface area (TPSA) is 47.1 Å². The largest absolute Gasteiger partial charge is 0.328 e. The molecule has 0 unspecified atom stereocenters. The van der Waals surface area contributed by atoms with Crippen molar-refractivity contribution in [2.75, 3.05) is 20.1 Å². The van der Waals surface area contributed by atoms with Crippen LogP contribution in [0, 0.1) is 5.92 Å². The quantitative estimate of drug-likeness (QED) is 0.852. The SMILES string of the molecule is CN(CCCc1cnn(C)c1)CC1CCC(N)CC1. The minimum Gasteiger partial charge on any atom is -0.328 e. The second kappa shape index (κ2) is 7.06. The van der Waals surface area contributed by atoms with Gasteiger partial charge < -0.3 is 10.6 Å². The Balaban J connectivity index is 1.60. The molecule has 1 saturated carbocycles. The lowest BCUT2D eigenvalue weighted by molar-refractivity contribution is 0.222. The first kappa shape index (κ1) is 14.5. The fourth-order valence-corrected chi connectivity index (χ4v) is 3.06. The summed E-state index contributed by atoms with van der Waals surface area (Å²) < 4.78 is 1.88. The number of nitrogens with zero attached hydrogens (tertiary/aromatic N) is 3. The smallest absolute Gasteiger partial charge is 0.0521 e. The lowest BCUT2D eigenvalue weighted by atomic mass is 9.86. The van der Waals surface area contributed by atoms with Gasteiger partial charge in [-0.2, -0.15) is 5.10 Å². The maximum absolute atomic E-state index is 5.95. The van der Waals surface area contributed by atoms with Gasteiger partial charge in [0.1, 0.15) is 0 Å². The Morgan fingerprint density at radius 3 is 2.74 bits per heavy atom. The van der Waals surface area contributed by atoms with Crippen molar-refractivity contribution in [1.29, 1.82) is 0 Å². The molecule has 0 aromatic carbocycles.